The van der Waals surface area contributed by atoms with Crippen LogP contribution >= 0.6 is 11.6 Å². The van der Waals surface area contributed by atoms with Crippen molar-refractivity contribution < 1.29 is 13.2 Å². The fourth-order valence-electron chi connectivity index (χ4n) is 1.42. The lowest BCUT2D eigenvalue weighted by Crippen LogP contribution is -2.31. The lowest BCUT2D eigenvalue weighted by molar-refractivity contribution is -0.137. The van der Waals surface area contributed by atoms with Crippen LogP contribution < -0.4 is 0 Å². The normalized spacial score (nSPS) is 16.7. The van der Waals surface area contributed by atoms with Gasteiger partial charge in [0, 0.05) is 0 Å². The lowest BCUT2D eigenvalue weighted by Gasteiger charge is -2.37. The minimum Gasteiger partial charge on any atom is -0.166 e. The summed E-state index contributed by atoms with van der Waals surface area (Å²) >= 11 is 6.39. The Bertz CT molecular complexity index is 400. The summed E-state index contributed by atoms with van der Waals surface area (Å²) in [5.74, 6) is 0. The molecule has 0 heterocycles. The summed E-state index contributed by atoms with van der Waals surface area (Å²) in [5.41, 5.74) is -0.508. The molecular weight excluding hydrogens is 249 g/mol. The zero-order valence-corrected chi connectivity index (χ0v) is 11.1. The van der Waals surface area contributed by atoms with Gasteiger partial charge in [0.15, 0.2) is 0 Å². The van der Waals surface area contributed by atoms with Crippen molar-refractivity contribution in [3.8, 4) is 0 Å². The molecule has 0 radical (unpaired) electrons. The van der Waals surface area contributed by atoms with E-state index >= 15 is 0 Å². The molecule has 0 amide bonds. The highest BCUT2D eigenvalue weighted by molar-refractivity contribution is 6.24. The fourth-order valence-corrected chi connectivity index (χ4v) is 1.54. The van der Waals surface area contributed by atoms with E-state index in [1.54, 1.807) is 13.0 Å². The summed E-state index contributed by atoms with van der Waals surface area (Å²) in [4.78, 5) is -0.839. The maximum absolute atomic E-state index is 12.6. The Balaban J connectivity index is 3.26. The first-order chi connectivity index (χ1) is 7.46. The van der Waals surface area contributed by atoms with Crippen LogP contribution in [-0.4, -0.2) is 0 Å². The van der Waals surface area contributed by atoms with Gasteiger partial charge in [0.1, 0.15) is 0 Å². The van der Waals surface area contributed by atoms with E-state index < -0.39 is 16.6 Å². The third kappa shape index (κ3) is 2.95. The van der Waals surface area contributed by atoms with Crippen molar-refractivity contribution in [2.45, 2.75) is 38.7 Å². The van der Waals surface area contributed by atoms with Gasteiger partial charge in [0.05, 0.1) is 10.4 Å². The fraction of sp³-hybridized carbons (Fsp3) is 0.538. The minimum atomic E-state index is -4.33. The predicted octanol–water partition coefficient (Wildman–Crippen LogP) is 5.21. The first-order valence-electron chi connectivity index (χ1n) is 5.33. The smallest absolute Gasteiger partial charge is 0.166 e. The van der Waals surface area contributed by atoms with Gasteiger partial charge in [-0.3, -0.25) is 0 Å². The monoisotopic (exact) mass is 264 g/mol. The highest BCUT2D eigenvalue weighted by Crippen LogP contribution is 2.45. The molecule has 0 saturated heterocycles. The van der Waals surface area contributed by atoms with Crippen LogP contribution in [0.25, 0.3) is 0 Å². The molecule has 1 rings (SSSR count). The number of rotatable bonds is 1. The van der Waals surface area contributed by atoms with E-state index in [4.69, 9.17) is 11.6 Å². The Morgan fingerprint density at radius 2 is 1.41 bits per heavy atom. The molecule has 1 aromatic rings. The van der Waals surface area contributed by atoms with Gasteiger partial charge in [-0.1, -0.05) is 32.9 Å². The standard InChI is InChI=1S/C13H16ClF3/c1-11(2,3)12(4,14)9-6-5-7-10(8-9)13(15,16)17/h5-8H,1-4H3. The number of hydrogen-bond donors (Lipinski definition) is 0. The molecule has 4 heteroatoms. The Morgan fingerprint density at radius 1 is 0.941 bits per heavy atom. The molecular formula is C13H16ClF3. The zero-order chi connectivity index (χ0) is 13.5. The van der Waals surface area contributed by atoms with Gasteiger partial charge >= 0.3 is 6.18 Å². The second-order valence-corrected chi connectivity index (χ2v) is 6.09. The van der Waals surface area contributed by atoms with E-state index in [0.29, 0.717) is 5.56 Å². The summed E-state index contributed by atoms with van der Waals surface area (Å²) in [7, 11) is 0. The van der Waals surface area contributed by atoms with Crippen LogP contribution in [0.2, 0.25) is 0 Å². The Kier molecular flexibility index (Phi) is 3.55. The van der Waals surface area contributed by atoms with Crippen molar-refractivity contribution in [3.63, 3.8) is 0 Å². The van der Waals surface area contributed by atoms with Crippen molar-refractivity contribution in [1.29, 1.82) is 0 Å². The van der Waals surface area contributed by atoms with E-state index in [-0.39, 0.29) is 5.41 Å². The average Bonchev–Trinajstić information content (AvgIpc) is 2.15. The molecule has 1 unspecified atom stereocenters. The number of benzene rings is 1. The molecule has 0 aliphatic heterocycles. The Morgan fingerprint density at radius 3 is 1.82 bits per heavy atom. The summed E-state index contributed by atoms with van der Waals surface area (Å²) < 4.78 is 37.8. The molecule has 17 heavy (non-hydrogen) atoms. The van der Waals surface area contributed by atoms with Gasteiger partial charge in [0.25, 0.3) is 0 Å². The predicted molar refractivity (Wildman–Crippen MR) is 64.1 cm³/mol. The van der Waals surface area contributed by atoms with Crippen LogP contribution in [0.15, 0.2) is 24.3 Å². The molecule has 0 nitrogen and oxygen atoms in total. The van der Waals surface area contributed by atoms with Gasteiger partial charge in [-0.15, -0.1) is 11.6 Å². The van der Waals surface area contributed by atoms with Crippen LogP contribution in [0, 0.1) is 5.41 Å². The van der Waals surface area contributed by atoms with Gasteiger partial charge in [-0.2, -0.15) is 13.2 Å². The van der Waals surface area contributed by atoms with E-state index in [0.717, 1.165) is 12.1 Å². The molecule has 0 aliphatic carbocycles. The molecule has 0 bridgehead atoms. The van der Waals surface area contributed by atoms with Gasteiger partial charge in [-0.25, -0.2) is 0 Å². The molecule has 1 atom stereocenters. The van der Waals surface area contributed by atoms with E-state index in [1.807, 2.05) is 20.8 Å². The van der Waals surface area contributed by atoms with Gasteiger partial charge < -0.3 is 0 Å². The van der Waals surface area contributed by atoms with E-state index in [1.165, 1.54) is 6.07 Å². The molecule has 0 aliphatic rings. The SMILES string of the molecule is CC(C)(C)C(C)(Cl)c1cccc(C(F)(F)F)c1. The maximum atomic E-state index is 12.6. The van der Waals surface area contributed by atoms with Gasteiger partial charge in [0.2, 0.25) is 0 Å². The van der Waals surface area contributed by atoms with Crippen molar-refractivity contribution in [3.05, 3.63) is 35.4 Å². The van der Waals surface area contributed by atoms with Crippen molar-refractivity contribution in [2.24, 2.45) is 5.41 Å². The highest BCUT2D eigenvalue weighted by Gasteiger charge is 2.39. The average molecular weight is 265 g/mol. The Hall–Kier alpha value is -0.700. The van der Waals surface area contributed by atoms with Crippen molar-refractivity contribution in [1.82, 2.24) is 0 Å². The Labute approximate surface area is 105 Å². The van der Waals surface area contributed by atoms with E-state index in [9.17, 15) is 13.2 Å². The largest absolute Gasteiger partial charge is 0.416 e. The third-order valence-electron chi connectivity index (χ3n) is 3.14. The highest BCUT2D eigenvalue weighted by atomic mass is 35.5. The molecule has 0 fully saturated rings. The van der Waals surface area contributed by atoms with Crippen LogP contribution in [0.4, 0.5) is 13.2 Å². The molecule has 0 saturated carbocycles. The molecule has 0 N–H and O–H groups in total. The second kappa shape index (κ2) is 4.20. The quantitative estimate of drug-likeness (QED) is 0.611. The molecule has 1 aromatic carbocycles. The number of alkyl halides is 4. The summed E-state index contributed by atoms with van der Waals surface area (Å²) in [6.07, 6.45) is -4.33. The molecule has 0 aromatic heterocycles. The van der Waals surface area contributed by atoms with E-state index in [2.05, 4.69) is 0 Å². The second-order valence-electron chi connectivity index (χ2n) is 5.33. The first kappa shape index (κ1) is 14.4. The summed E-state index contributed by atoms with van der Waals surface area (Å²) in [6, 6.07) is 5.20. The van der Waals surface area contributed by atoms with Crippen LogP contribution in [0.5, 0.6) is 0 Å². The minimum absolute atomic E-state index is 0.335. The number of halogens is 4. The van der Waals surface area contributed by atoms with Crippen molar-refractivity contribution >= 4 is 11.6 Å². The van der Waals surface area contributed by atoms with Crippen molar-refractivity contribution in [2.75, 3.05) is 0 Å². The topological polar surface area (TPSA) is 0 Å². The first-order valence-corrected chi connectivity index (χ1v) is 5.71. The zero-order valence-electron chi connectivity index (χ0n) is 10.3. The third-order valence-corrected chi connectivity index (χ3v) is 3.93. The van der Waals surface area contributed by atoms with Crippen LogP contribution in [0.1, 0.15) is 38.8 Å². The number of hydrogen-bond acceptors (Lipinski definition) is 0. The van der Waals surface area contributed by atoms with Crippen LogP contribution in [0.3, 0.4) is 0 Å². The lowest BCUT2D eigenvalue weighted by atomic mass is 9.76. The maximum Gasteiger partial charge on any atom is 0.416 e. The van der Waals surface area contributed by atoms with Gasteiger partial charge in [-0.05, 0) is 30.0 Å². The summed E-state index contributed by atoms with van der Waals surface area (Å²) in [6.45, 7) is 7.45. The molecule has 96 valence electrons. The summed E-state index contributed by atoms with van der Waals surface area (Å²) in [5, 5.41) is 0. The van der Waals surface area contributed by atoms with Crippen LogP contribution in [-0.2, 0) is 11.1 Å². The molecule has 0 spiro atoms.